The van der Waals surface area contributed by atoms with E-state index in [2.05, 4.69) is 12.5 Å². The smallest absolute Gasteiger partial charge is 0.135 e. The summed E-state index contributed by atoms with van der Waals surface area (Å²) in [7, 11) is 0. The van der Waals surface area contributed by atoms with E-state index in [-0.39, 0.29) is 17.8 Å². The Morgan fingerprint density at radius 1 is 1.02 bits per heavy atom. The van der Waals surface area contributed by atoms with Crippen molar-refractivity contribution in [2.24, 2.45) is 0 Å². The maximum atomic E-state index is 8.95. The van der Waals surface area contributed by atoms with Crippen LogP contribution in [0.3, 0.4) is 0 Å². The van der Waals surface area contributed by atoms with Gasteiger partial charge in [-0.05, 0) is 60.9 Å². The highest BCUT2D eigenvalue weighted by Gasteiger charge is 2.27. The molecule has 0 N–H and O–H groups in total. The van der Waals surface area contributed by atoms with E-state index in [1.807, 2.05) is 43.4 Å². The number of fused-ring (bicyclic) bond motifs is 1. The summed E-state index contributed by atoms with van der Waals surface area (Å²) in [5.41, 5.74) is 2.13. The molecule has 200 valence electrons. The van der Waals surface area contributed by atoms with E-state index in [9.17, 15) is 0 Å². The number of ether oxygens (including phenoxy) is 3. The van der Waals surface area contributed by atoms with E-state index in [0.717, 1.165) is 27.3 Å². The zero-order valence-electron chi connectivity index (χ0n) is 22.2. The molecule has 0 spiro atoms. The van der Waals surface area contributed by atoms with E-state index >= 15 is 0 Å². The Labute approximate surface area is 239 Å². The van der Waals surface area contributed by atoms with Gasteiger partial charge in [-0.15, -0.1) is 23.7 Å². The Balaban J connectivity index is 2.44. The van der Waals surface area contributed by atoms with E-state index in [1.54, 1.807) is 30.4 Å². The highest BCUT2D eigenvalue weighted by molar-refractivity contribution is 7.14. The van der Waals surface area contributed by atoms with Crippen molar-refractivity contribution in [3.63, 3.8) is 0 Å². The van der Waals surface area contributed by atoms with Crippen LogP contribution in [0.5, 0.6) is 0 Å². The van der Waals surface area contributed by atoms with Crippen molar-refractivity contribution >= 4 is 22.9 Å². The molecule has 1 atom stereocenters. The van der Waals surface area contributed by atoms with Gasteiger partial charge in [0.05, 0.1) is 23.0 Å². The quantitative estimate of drug-likeness (QED) is 0.0896. The molecular formula is C32H28N4O3S. The number of nitriles is 4. The lowest BCUT2D eigenvalue weighted by atomic mass is 10.0. The minimum absolute atomic E-state index is 0.00275. The van der Waals surface area contributed by atoms with Crippen LogP contribution in [0.15, 0.2) is 72.4 Å². The zero-order valence-corrected chi connectivity index (χ0v) is 23.0. The van der Waals surface area contributed by atoms with Gasteiger partial charge in [0.15, 0.2) is 0 Å². The average Bonchev–Trinajstić information content (AvgIpc) is 3.37. The number of nitrogens with zero attached hydrogens (tertiary/aromatic N) is 4. The SMILES string of the molecule is C#CC/C=C(\OC/C=C/C=C(C#N)C#N)c1sc(/C(=C/CC)OC(C=C)/C=C/C=C(C#N)C#N)c2c1COCC2. The number of hydrogen-bond acceptors (Lipinski definition) is 8. The Hall–Kier alpha value is -5.04. The molecule has 2 rings (SSSR count). The molecule has 40 heavy (non-hydrogen) atoms. The van der Waals surface area contributed by atoms with E-state index < -0.39 is 6.10 Å². The van der Waals surface area contributed by atoms with Gasteiger partial charge in [-0.3, -0.25) is 0 Å². The largest absolute Gasteiger partial charge is 0.488 e. The van der Waals surface area contributed by atoms with Gasteiger partial charge in [0, 0.05) is 12.0 Å². The summed E-state index contributed by atoms with van der Waals surface area (Å²) >= 11 is 1.53. The first kappa shape index (κ1) is 31.2. The summed E-state index contributed by atoms with van der Waals surface area (Å²) in [6.45, 7) is 7.09. The normalized spacial score (nSPS) is 13.5. The fraction of sp³-hybridized carbons (Fsp3) is 0.250. The van der Waals surface area contributed by atoms with Gasteiger partial charge in [-0.25, -0.2) is 0 Å². The molecule has 1 aromatic heterocycles. The van der Waals surface area contributed by atoms with Crippen molar-refractivity contribution in [3.8, 4) is 36.6 Å². The lowest BCUT2D eigenvalue weighted by molar-refractivity contribution is 0.110. The lowest BCUT2D eigenvalue weighted by Gasteiger charge is -2.19. The third-order valence-corrected chi connectivity index (χ3v) is 6.68. The summed E-state index contributed by atoms with van der Waals surface area (Å²) < 4.78 is 18.2. The number of thiophene rings is 1. The minimum atomic E-state index is -0.494. The van der Waals surface area contributed by atoms with Crippen molar-refractivity contribution < 1.29 is 14.2 Å². The maximum absolute atomic E-state index is 8.95. The molecule has 0 saturated heterocycles. The Kier molecular flexibility index (Phi) is 13.6. The average molecular weight is 549 g/mol. The maximum Gasteiger partial charge on any atom is 0.135 e. The predicted octanol–water partition coefficient (Wildman–Crippen LogP) is 6.58. The summed E-state index contributed by atoms with van der Waals surface area (Å²) in [5, 5.41) is 35.7. The predicted molar refractivity (Wildman–Crippen MR) is 155 cm³/mol. The van der Waals surface area contributed by atoms with Gasteiger partial charge >= 0.3 is 0 Å². The fourth-order valence-corrected chi connectivity index (χ4v) is 4.87. The summed E-state index contributed by atoms with van der Waals surface area (Å²) in [6.07, 6.45) is 21.8. The van der Waals surface area contributed by atoms with Crippen LogP contribution in [0.25, 0.3) is 11.5 Å². The number of hydrogen-bond donors (Lipinski definition) is 0. The second kappa shape index (κ2) is 17.5. The molecule has 0 aromatic carbocycles. The van der Waals surface area contributed by atoms with Crippen LogP contribution in [0.4, 0.5) is 0 Å². The Morgan fingerprint density at radius 2 is 1.70 bits per heavy atom. The molecule has 8 heteroatoms. The number of terminal acetylenes is 1. The second-order valence-electron chi connectivity index (χ2n) is 8.02. The molecule has 7 nitrogen and oxygen atoms in total. The van der Waals surface area contributed by atoms with Gasteiger partial charge in [0.1, 0.15) is 59.7 Å². The van der Waals surface area contributed by atoms with Gasteiger partial charge in [-0.2, -0.15) is 21.0 Å². The van der Waals surface area contributed by atoms with Crippen molar-refractivity contribution in [1.29, 1.82) is 21.0 Å². The highest BCUT2D eigenvalue weighted by atomic mass is 32.1. The highest BCUT2D eigenvalue weighted by Crippen LogP contribution is 2.41. The molecule has 2 heterocycles. The monoisotopic (exact) mass is 548 g/mol. The van der Waals surface area contributed by atoms with Crippen LogP contribution < -0.4 is 0 Å². The van der Waals surface area contributed by atoms with Crippen LogP contribution in [-0.2, 0) is 27.2 Å². The summed E-state index contributed by atoms with van der Waals surface area (Å²) in [4.78, 5) is 1.85. The van der Waals surface area contributed by atoms with E-state index in [0.29, 0.717) is 37.6 Å². The zero-order chi connectivity index (χ0) is 29.2. The van der Waals surface area contributed by atoms with Gasteiger partial charge < -0.3 is 14.2 Å². The molecule has 0 saturated carbocycles. The van der Waals surface area contributed by atoms with Gasteiger partial charge in [0.2, 0.25) is 0 Å². The van der Waals surface area contributed by atoms with Gasteiger partial charge in [0.25, 0.3) is 0 Å². The summed E-state index contributed by atoms with van der Waals surface area (Å²) in [5.74, 6) is 3.93. The number of allylic oxidation sites excluding steroid dienone is 8. The van der Waals surface area contributed by atoms with E-state index in [4.69, 9.17) is 41.7 Å². The standard InChI is InChI=1S/C32H28N4O3S/c1-4-7-15-29(38-17-9-8-12-24(19-33)20-34)32-28-23-37-18-16-27(28)31(40-32)30(11-5-2)39-26(6-3)14-10-13-25(21-35)22-36/h1,6,8-15,26H,3,5,7,16-18,23H2,2H3/b9-8+,14-10+,29-15-,30-11-. The fourth-order valence-electron chi connectivity index (χ4n) is 3.54. The Bertz CT molecular complexity index is 1440. The lowest BCUT2D eigenvalue weighted by Crippen LogP contribution is -2.12. The third kappa shape index (κ3) is 9.06. The van der Waals surface area contributed by atoms with Crippen LogP contribution in [0, 0.1) is 57.7 Å². The van der Waals surface area contributed by atoms with Crippen LogP contribution >= 0.6 is 11.3 Å². The first-order chi connectivity index (χ1) is 19.6. The van der Waals surface area contributed by atoms with Crippen LogP contribution in [-0.4, -0.2) is 19.3 Å². The van der Waals surface area contributed by atoms with Crippen molar-refractivity contribution in [3.05, 3.63) is 93.3 Å². The molecule has 0 aliphatic carbocycles. The Morgan fingerprint density at radius 3 is 2.33 bits per heavy atom. The first-order valence-electron chi connectivity index (χ1n) is 12.4. The molecule has 1 aliphatic rings. The minimum Gasteiger partial charge on any atom is -0.488 e. The molecule has 0 amide bonds. The van der Waals surface area contributed by atoms with Crippen molar-refractivity contribution in [2.75, 3.05) is 13.2 Å². The van der Waals surface area contributed by atoms with Crippen LogP contribution in [0.1, 0.15) is 40.6 Å². The topological polar surface area (TPSA) is 123 Å². The molecule has 0 bridgehead atoms. The molecule has 1 unspecified atom stereocenters. The molecule has 1 aliphatic heterocycles. The molecule has 1 aromatic rings. The summed E-state index contributed by atoms with van der Waals surface area (Å²) in [6, 6.07) is 7.26. The molecule has 0 fully saturated rings. The first-order valence-corrected chi connectivity index (χ1v) is 13.2. The van der Waals surface area contributed by atoms with Crippen molar-refractivity contribution in [1.82, 2.24) is 0 Å². The number of rotatable bonds is 13. The second-order valence-corrected chi connectivity index (χ2v) is 9.04. The van der Waals surface area contributed by atoms with E-state index in [1.165, 1.54) is 23.5 Å². The van der Waals surface area contributed by atoms with Gasteiger partial charge in [-0.1, -0.05) is 25.7 Å². The third-order valence-electron chi connectivity index (χ3n) is 5.38. The van der Waals surface area contributed by atoms with Crippen molar-refractivity contribution in [2.45, 2.75) is 38.9 Å². The molecule has 0 radical (unpaired) electrons. The van der Waals surface area contributed by atoms with Crippen LogP contribution in [0.2, 0.25) is 0 Å². The molecular weight excluding hydrogens is 520 g/mol.